The Labute approximate surface area is 107 Å². The second-order valence-electron chi connectivity index (χ2n) is 4.29. The molecule has 0 aliphatic carbocycles. The van der Waals surface area contributed by atoms with E-state index in [0.29, 0.717) is 19.0 Å². The van der Waals surface area contributed by atoms with Gasteiger partial charge < -0.3 is 15.4 Å². The molecule has 1 aliphatic heterocycles. The predicted octanol–water partition coefficient (Wildman–Crippen LogP) is 0.595. The average molecular weight is 249 g/mol. The topological polar surface area (TPSA) is 68.7 Å². The lowest BCUT2D eigenvalue weighted by molar-refractivity contribution is 0.337. The lowest BCUT2D eigenvalue weighted by atomic mass is 10.1. The van der Waals surface area contributed by atoms with Gasteiger partial charge in [0.05, 0.1) is 31.0 Å². The SMILES string of the molecule is C=CCN1C(N)=NCC1c1c(C)nn(C)c1OC. The van der Waals surface area contributed by atoms with Crippen LogP contribution in [0.2, 0.25) is 0 Å². The summed E-state index contributed by atoms with van der Waals surface area (Å²) < 4.78 is 7.17. The Kier molecular flexibility index (Phi) is 3.27. The van der Waals surface area contributed by atoms with E-state index in [9.17, 15) is 0 Å². The van der Waals surface area contributed by atoms with E-state index in [1.54, 1.807) is 11.8 Å². The molecule has 0 saturated heterocycles. The molecular formula is C12H19N5O. The van der Waals surface area contributed by atoms with E-state index in [2.05, 4.69) is 16.7 Å². The van der Waals surface area contributed by atoms with Gasteiger partial charge in [0.25, 0.3) is 0 Å². The van der Waals surface area contributed by atoms with Crippen LogP contribution in [0.15, 0.2) is 17.6 Å². The number of aromatic nitrogens is 2. The fourth-order valence-corrected chi connectivity index (χ4v) is 2.42. The van der Waals surface area contributed by atoms with Crippen molar-refractivity contribution in [1.82, 2.24) is 14.7 Å². The standard InChI is InChI=1S/C12H19N5O/c1-5-6-17-9(7-14-12(17)13)10-8(2)15-16(3)11(10)18-4/h5,9H,1,6-7H2,2-4H3,(H2,13,14). The van der Waals surface area contributed by atoms with Gasteiger partial charge in [0.2, 0.25) is 5.88 Å². The Morgan fingerprint density at radius 1 is 1.61 bits per heavy atom. The van der Waals surface area contributed by atoms with E-state index in [1.807, 2.05) is 24.9 Å². The highest BCUT2D eigenvalue weighted by molar-refractivity contribution is 5.80. The third-order valence-corrected chi connectivity index (χ3v) is 3.16. The Morgan fingerprint density at radius 3 is 2.94 bits per heavy atom. The second-order valence-corrected chi connectivity index (χ2v) is 4.29. The molecule has 98 valence electrons. The molecule has 2 rings (SSSR count). The number of guanidine groups is 1. The molecule has 0 saturated carbocycles. The van der Waals surface area contributed by atoms with Gasteiger partial charge in [-0.2, -0.15) is 5.10 Å². The number of aryl methyl sites for hydroxylation is 2. The second kappa shape index (κ2) is 4.72. The maximum atomic E-state index is 5.90. The van der Waals surface area contributed by atoms with Crippen molar-refractivity contribution in [1.29, 1.82) is 0 Å². The maximum absolute atomic E-state index is 5.90. The van der Waals surface area contributed by atoms with Gasteiger partial charge in [-0.15, -0.1) is 6.58 Å². The minimum atomic E-state index is 0.0756. The van der Waals surface area contributed by atoms with Crippen LogP contribution in [0.3, 0.4) is 0 Å². The number of nitrogens with zero attached hydrogens (tertiary/aromatic N) is 4. The predicted molar refractivity (Wildman–Crippen MR) is 70.6 cm³/mol. The van der Waals surface area contributed by atoms with Crippen molar-refractivity contribution in [3.8, 4) is 5.88 Å². The first kappa shape index (κ1) is 12.5. The van der Waals surface area contributed by atoms with E-state index in [4.69, 9.17) is 10.5 Å². The van der Waals surface area contributed by atoms with Crippen molar-refractivity contribution in [3.05, 3.63) is 23.9 Å². The summed E-state index contributed by atoms with van der Waals surface area (Å²) in [6, 6.07) is 0.0756. The molecule has 1 atom stereocenters. The van der Waals surface area contributed by atoms with Gasteiger partial charge >= 0.3 is 0 Å². The first-order valence-corrected chi connectivity index (χ1v) is 5.85. The average Bonchev–Trinajstić information content (AvgIpc) is 2.81. The highest BCUT2D eigenvalue weighted by Crippen LogP contribution is 2.34. The smallest absolute Gasteiger partial charge is 0.216 e. The van der Waals surface area contributed by atoms with Crippen LogP contribution >= 0.6 is 0 Å². The van der Waals surface area contributed by atoms with Crippen LogP contribution in [0.5, 0.6) is 5.88 Å². The normalized spacial score (nSPS) is 18.9. The van der Waals surface area contributed by atoms with Gasteiger partial charge in [-0.1, -0.05) is 6.08 Å². The number of hydrogen-bond acceptors (Lipinski definition) is 5. The molecule has 18 heavy (non-hydrogen) atoms. The zero-order valence-corrected chi connectivity index (χ0v) is 11.1. The number of rotatable bonds is 4. The first-order chi connectivity index (χ1) is 8.60. The fraction of sp³-hybridized carbons (Fsp3) is 0.500. The van der Waals surface area contributed by atoms with Crippen LogP contribution < -0.4 is 10.5 Å². The van der Waals surface area contributed by atoms with Gasteiger partial charge in [-0.05, 0) is 6.92 Å². The summed E-state index contributed by atoms with van der Waals surface area (Å²) in [5.41, 5.74) is 7.89. The molecule has 0 spiro atoms. The zero-order valence-electron chi connectivity index (χ0n) is 11.1. The fourth-order valence-electron chi connectivity index (χ4n) is 2.42. The van der Waals surface area contributed by atoms with E-state index < -0.39 is 0 Å². The minimum Gasteiger partial charge on any atom is -0.481 e. The van der Waals surface area contributed by atoms with Crippen molar-refractivity contribution in [3.63, 3.8) is 0 Å². The Balaban J connectivity index is 2.40. The number of hydrogen-bond donors (Lipinski definition) is 1. The van der Waals surface area contributed by atoms with Crippen LogP contribution in [0.25, 0.3) is 0 Å². The molecule has 1 aliphatic rings. The maximum Gasteiger partial charge on any atom is 0.216 e. The van der Waals surface area contributed by atoms with Crippen molar-refractivity contribution in [2.75, 3.05) is 20.2 Å². The Hall–Kier alpha value is -1.98. The summed E-state index contributed by atoms with van der Waals surface area (Å²) in [7, 11) is 3.52. The van der Waals surface area contributed by atoms with E-state index >= 15 is 0 Å². The third kappa shape index (κ3) is 1.83. The van der Waals surface area contributed by atoms with Crippen LogP contribution in [0, 0.1) is 6.92 Å². The van der Waals surface area contributed by atoms with Gasteiger partial charge in [0, 0.05) is 13.6 Å². The number of aliphatic imine (C=N–C) groups is 1. The molecule has 1 aromatic heterocycles. The summed E-state index contributed by atoms with van der Waals surface area (Å²) in [5, 5.41) is 4.39. The summed E-state index contributed by atoms with van der Waals surface area (Å²) in [4.78, 5) is 6.31. The molecule has 0 bridgehead atoms. The largest absolute Gasteiger partial charge is 0.481 e. The van der Waals surface area contributed by atoms with Gasteiger partial charge in [0.15, 0.2) is 5.96 Å². The Morgan fingerprint density at radius 2 is 2.33 bits per heavy atom. The van der Waals surface area contributed by atoms with Crippen LogP contribution in [0.4, 0.5) is 0 Å². The number of methoxy groups -OCH3 is 1. The van der Waals surface area contributed by atoms with Crippen LogP contribution in [0.1, 0.15) is 17.3 Å². The van der Waals surface area contributed by atoms with Crippen LogP contribution in [-0.2, 0) is 7.05 Å². The highest BCUT2D eigenvalue weighted by Gasteiger charge is 2.32. The molecular weight excluding hydrogens is 230 g/mol. The monoisotopic (exact) mass is 249 g/mol. The summed E-state index contributed by atoms with van der Waals surface area (Å²) in [6.45, 7) is 7.02. The molecule has 1 unspecified atom stereocenters. The van der Waals surface area contributed by atoms with Crippen molar-refractivity contribution in [2.24, 2.45) is 17.8 Å². The van der Waals surface area contributed by atoms with Crippen molar-refractivity contribution in [2.45, 2.75) is 13.0 Å². The first-order valence-electron chi connectivity index (χ1n) is 5.85. The molecule has 0 radical (unpaired) electrons. The van der Waals surface area contributed by atoms with Gasteiger partial charge in [-0.3, -0.25) is 4.99 Å². The number of ether oxygens (including phenoxy) is 1. The molecule has 6 heteroatoms. The van der Waals surface area contributed by atoms with E-state index in [-0.39, 0.29) is 6.04 Å². The molecule has 0 aromatic carbocycles. The molecule has 6 nitrogen and oxygen atoms in total. The quantitative estimate of drug-likeness (QED) is 0.793. The lowest BCUT2D eigenvalue weighted by Gasteiger charge is -2.25. The van der Waals surface area contributed by atoms with Gasteiger partial charge in [0.1, 0.15) is 0 Å². The van der Waals surface area contributed by atoms with Crippen molar-refractivity contribution < 1.29 is 4.74 Å². The highest BCUT2D eigenvalue weighted by atomic mass is 16.5. The molecule has 2 heterocycles. The summed E-state index contributed by atoms with van der Waals surface area (Å²) in [6.07, 6.45) is 1.82. The van der Waals surface area contributed by atoms with Crippen LogP contribution in [-0.4, -0.2) is 40.8 Å². The van der Waals surface area contributed by atoms with E-state index in [0.717, 1.165) is 17.1 Å². The number of nitrogens with two attached hydrogens (primary N) is 1. The lowest BCUT2D eigenvalue weighted by Crippen LogP contribution is -2.36. The third-order valence-electron chi connectivity index (χ3n) is 3.16. The zero-order chi connectivity index (χ0) is 13.3. The molecule has 1 aromatic rings. The van der Waals surface area contributed by atoms with Crippen molar-refractivity contribution >= 4 is 5.96 Å². The summed E-state index contributed by atoms with van der Waals surface area (Å²) in [5.74, 6) is 1.31. The van der Waals surface area contributed by atoms with E-state index in [1.165, 1.54) is 0 Å². The minimum absolute atomic E-state index is 0.0756. The van der Waals surface area contributed by atoms with Gasteiger partial charge in [-0.25, -0.2) is 4.68 Å². The molecule has 0 amide bonds. The molecule has 2 N–H and O–H groups in total. The molecule has 0 fully saturated rings. The Bertz CT molecular complexity index is 491. The summed E-state index contributed by atoms with van der Waals surface area (Å²) >= 11 is 0.